The molecular weight excluding hydrogens is 464 g/mol. The zero-order valence-electron chi connectivity index (χ0n) is 19.7. The molecule has 0 aliphatic rings. The Morgan fingerprint density at radius 3 is 1.44 bits per heavy atom. The lowest BCUT2D eigenvalue weighted by Gasteiger charge is -2.05. The van der Waals surface area contributed by atoms with Crippen LogP contribution in [0.25, 0.3) is 0 Å². The Kier molecular flexibility index (Phi) is 15.2. The number of hydrogen-bond donors (Lipinski definition) is 4. The lowest BCUT2D eigenvalue weighted by atomic mass is 10.2. The minimum atomic E-state index is -0.893. The first-order chi connectivity index (χ1) is 17.4. The zero-order valence-corrected chi connectivity index (χ0v) is 19.7. The van der Waals surface area contributed by atoms with Crippen molar-refractivity contribution in [2.45, 2.75) is 38.5 Å². The van der Waals surface area contributed by atoms with Crippen LogP contribution in [0.4, 0.5) is 0 Å². The summed E-state index contributed by atoms with van der Waals surface area (Å²) in [5.41, 5.74) is 1.73. The van der Waals surface area contributed by atoms with Gasteiger partial charge < -0.3 is 20.8 Å². The molecule has 0 saturated heterocycles. The molecule has 36 heavy (non-hydrogen) atoms. The number of pyridine rings is 2. The van der Waals surface area contributed by atoms with Crippen molar-refractivity contribution in [3.8, 4) is 23.7 Å². The van der Waals surface area contributed by atoms with Gasteiger partial charge in [-0.15, -0.1) is 0 Å². The van der Waals surface area contributed by atoms with E-state index in [1.54, 1.807) is 24.8 Å². The summed E-state index contributed by atoms with van der Waals surface area (Å²) >= 11 is 0. The molecular formula is C26H28N4O6. The molecule has 0 radical (unpaired) electrons. The first-order valence-corrected chi connectivity index (χ1v) is 11.2. The van der Waals surface area contributed by atoms with Crippen LogP contribution in [0.2, 0.25) is 0 Å². The molecule has 2 amide bonds. The first kappa shape index (κ1) is 29.3. The standard InChI is InChI=1S/C14H8N2.C12H20N2O6/c1(5-13-7-3-9-15-11-13)2-6-14-8-4-10-16-12-14;15-9(16)5-1-3-7-13-11(19)12(20)14-8-4-2-6-10(17)18/h3-4,7-12H;1-8H2,(H,13,19)(H,14,20)(H,15,16)(H,17,18). The molecule has 0 atom stereocenters. The van der Waals surface area contributed by atoms with Gasteiger partial charge in [0, 0.05) is 61.8 Å². The molecule has 2 heterocycles. The first-order valence-electron chi connectivity index (χ1n) is 11.2. The highest BCUT2D eigenvalue weighted by Gasteiger charge is 2.11. The Hall–Kier alpha value is -4.70. The average molecular weight is 493 g/mol. The second-order valence-electron chi connectivity index (χ2n) is 7.20. The van der Waals surface area contributed by atoms with Crippen LogP contribution in [0.1, 0.15) is 49.7 Å². The second-order valence-corrected chi connectivity index (χ2v) is 7.20. The fourth-order valence-electron chi connectivity index (χ4n) is 2.45. The van der Waals surface area contributed by atoms with Gasteiger partial charge in [-0.3, -0.25) is 29.1 Å². The molecule has 10 heteroatoms. The van der Waals surface area contributed by atoms with E-state index in [9.17, 15) is 19.2 Å². The highest BCUT2D eigenvalue weighted by molar-refractivity contribution is 6.35. The lowest BCUT2D eigenvalue weighted by Crippen LogP contribution is -2.40. The second kappa shape index (κ2) is 18.7. The van der Waals surface area contributed by atoms with Crippen molar-refractivity contribution in [2.75, 3.05) is 13.1 Å². The Morgan fingerprint density at radius 1 is 0.694 bits per heavy atom. The molecule has 4 N–H and O–H groups in total. The zero-order chi connectivity index (χ0) is 26.4. The third-order valence-electron chi connectivity index (χ3n) is 4.21. The van der Waals surface area contributed by atoms with Gasteiger partial charge in [-0.05, 0) is 61.8 Å². The molecule has 0 bridgehead atoms. The number of nitrogens with one attached hydrogen (secondary N) is 2. The van der Waals surface area contributed by atoms with Crippen LogP contribution >= 0.6 is 0 Å². The number of amides is 2. The van der Waals surface area contributed by atoms with Crippen LogP contribution in [0.3, 0.4) is 0 Å². The number of carboxylic acid groups (broad SMARTS) is 2. The summed E-state index contributed by atoms with van der Waals surface area (Å²) < 4.78 is 0. The number of unbranched alkanes of at least 4 members (excludes halogenated alkanes) is 2. The van der Waals surface area contributed by atoms with Crippen LogP contribution in [0.5, 0.6) is 0 Å². The molecule has 188 valence electrons. The van der Waals surface area contributed by atoms with Gasteiger partial charge in [-0.1, -0.05) is 11.8 Å². The van der Waals surface area contributed by atoms with E-state index in [0.29, 0.717) is 25.7 Å². The van der Waals surface area contributed by atoms with E-state index in [1.165, 1.54) is 0 Å². The van der Waals surface area contributed by atoms with Gasteiger partial charge in [0.15, 0.2) is 0 Å². The maximum absolute atomic E-state index is 11.3. The molecule has 0 fully saturated rings. The van der Waals surface area contributed by atoms with E-state index in [0.717, 1.165) is 11.1 Å². The summed E-state index contributed by atoms with van der Waals surface area (Å²) in [6, 6.07) is 7.48. The Labute approximate surface area is 209 Å². The van der Waals surface area contributed by atoms with Crippen LogP contribution in [-0.2, 0) is 19.2 Å². The maximum Gasteiger partial charge on any atom is 0.309 e. The fourth-order valence-corrected chi connectivity index (χ4v) is 2.45. The fraction of sp³-hybridized carbons (Fsp3) is 0.308. The number of hydrogen-bond acceptors (Lipinski definition) is 6. The third kappa shape index (κ3) is 16.0. The highest BCUT2D eigenvalue weighted by Crippen LogP contribution is 1.95. The minimum absolute atomic E-state index is 0.0334. The predicted molar refractivity (Wildman–Crippen MR) is 131 cm³/mol. The van der Waals surface area contributed by atoms with E-state index in [-0.39, 0.29) is 25.9 Å². The Balaban J connectivity index is 0.000000367. The summed E-state index contributed by atoms with van der Waals surface area (Å²) in [5, 5.41) is 21.5. The van der Waals surface area contributed by atoms with Crippen LogP contribution in [-0.4, -0.2) is 57.0 Å². The molecule has 2 aromatic rings. The molecule has 0 aliphatic carbocycles. The van der Waals surface area contributed by atoms with Crippen molar-refractivity contribution in [3.05, 3.63) is 60.2 Å². The molecule has 0 unspecified atom stereocenters. The molecule has 2 rings (SSSR count). The molecule has 2 aromatic heterocycles. The van der Waals surface area contributed by atoms with Gasteiger partial charge in [0.1, 0.15) is 0 Å². The van der Waals surface area contributed by atoms with Gasteiger partial charge in [0.05, 0.1) is 0 Å². The lowest BCUT2D eigenvalue weighted by molar-refractivity contribution is -0.139. The number of carboxylic acids is 2. The van der Waals surface area contributed by atoms with Gasteiger partial charge in [0.2, 0.25) is 0 Å². The number of carbonyl (C=O) groups is 4. The molecule has 0 aromatic carbocycles. The smallest absolute Gasteiger partial charge is 0.309 e. The van der Waals surface area contributed by atoms with Gasteiger partial charge in [0.25, 0.3) is 0 Å². The summed E-state index contributed by atoms with van der Waals surface area (Å²) in [6.07, 6.45) is 8.76. The van der Waals surface area contributed by atoms with E-state index >= 15 is 0 Å². The average Bonchev–Trinajstić information content (AvgIpc) is 2.87. The topological polar surface area (TPSA) is 159 Å². The van der Waals surface area contributed by atoms with Gasteiger partial charge in [-0.25, -0.2) is 0 Å². The van der Waals surface area contributed by atoms with Crippen LogP contribution in [0.15, 0.2) is 49.1 Å². The number of rotatable bonds is 10. The largest absolute Gasteiger partial charge is 0.481 e. The third-order valence-corrected chi connectivity index (χ3v) is 4.21. The summed E-state index contributed by atoms with van der Waals surface area (Å²) in [4.78, 5) is 50.9. The van der Waals surface area contributed by atoms with E-state index < -0.39 is 23.8 Å². The number of aromatic nitrogens is 2. The predicted octanol–water partition coefficient (Wildman–Crippen LogP) is 1.61. The van der Waals surface area contributed by atoms with Crippen LogP contribution < -0.4 is 10.6 Å². The number of carbonyl (C=O) groups excluding carboxylic acids is 2. The monoisotopic (exact) mass is 492 g/mol. The molecule has 0 spiro atoms. The summed E-state index contributed by atoms with van der Waals surface area (Å²) in [6.45, 7) is 0.497. The number of aliphatic carboxylic acids is 2. The normalized spacial score (nSPS) is 9.11. The SMILES string of the molecule is C(C#Cc1cccnc1)#Cc1cccnc1.O=C(O)CCCCNC(=O)C(=O)NCCCCC(=O)O. The van der Waals surface area contributed by atoms with E-state index in [4.69, 9.17) is 10.2 Å². The van der Waals surface area contributed by atoms with Crippen molar-refractivity contribution in [3.63, 3.8) is 0 Å². The molecule has 0 aliphatic heterocycles. The van der Waals surface area contributed by atoms with Crippen molar-refractivity contribution in [1.82, 2.24) is 20.6 Å². The maximum atomic E-state index is 11.3. The quantitative estimate of drug-likeness (QED) is 0.221. The molecule has 10 nitrogen and oxygen atoms in total. The van der Waals surface area contributed by atoms with Crippen molar-refractivity contribution in [2.24, 2.45) is 0 Å². The highest BCUT2D eigenvalue weighted by atomic mass is 16.4. The van der Waals surface area contributed by atoms with Crippen molar-refractivity contribution >= 4 is 23.8 Å². The minimum Gasteiger partial charge on any atom is -0.481 e. The Morgan fingerprint density at radius 2 is 1.11 bits per heavy atom. The summed E-state index contributed by atoms with van der Waals surface area (Å²) in [5.74, 6) is 8.04. The van der Waals surface area contributed by atoms with E-state index in [1.807, 2.05) is 24.3 Å². The summed E-state index contributed by atoms with van der Waals surface area (Å²) in [7, 11) is 0. The van der Waals surface area contributed by atoms with Gasteiger partial charge >= 0.3 is 23.8 Å². The van der Waals surface area contributed by atoms with Crippen molar-refractivity contribution < 1.29 is 29.4 Å². The Bertz CT molecular complexity index is 1010. The van der Waals surface area contributed by atoms with E-state index in [2.05, 4.69) is 44.3 Å². The van der Waals surface area contributed by atoms with Crippen molar-refractivity contribution in [1.29, 1.82) is 0 Å². The van der Waals surface area contributed by atoms with Gasteiger partial charge in [-0.2, -0.15) is 0 Å². The number of nitrogens with zero attached hydrogens (tertiary/aromatic N) is 2. The van der Waals surface area contributed by atoms with Crippen LogP contribution in [0, 0.1) is 23.7 Å². The molecule has 0 saturated carbocycles.